The zero-order valence-corrected chi connectivity index (χ0v) is 13.3. The monoisotopic (exact) mass is 314 g/mol. The van der Waals surface area contributed by atoms with Crippen molar-refractivity contribution in [1.82, 2.24) is 19.6 Å². The molecule has 0 atom stereocenters. The van der Waals surface area contributed by atoms with E-state index in [0.29, 0.717) is 4.77 Å². The van der Waals surface area contributed by atoms with E-state index >= 15 is 0 Å². The molecule has 1 saturated heterocycles. The molecule has 0 saturated carbocycles. The van der Waals surface area contributed by atoms with Crippen LogP contribution < -0.4 is 4.90 Å². The van der Waals surface area contributed by atoms with Crippen LogP contribution in [0.25, 0.3) is 16.6 Å². The summed E-state index contributed by atoms with van der Waals surface area (Å²) in [6, 6.07) is 8.03. The Bertz CT molecular complexity index is 860. The Morgan fingerprint density at radius 3 is 2.82 bits per heavy atom. The molecule has 6 heteroatoms. The highest BCUT2D eigenvalue weighted by molar-refractivity contribution is 7.71. The van der Waals surface area contributed by atoms with Crippen molar-refractivity contribution >= 4 is 28.8 Å². The zero-order valence-electron chi connectivity index (χ0n) is 12.5. The van der Waals surface area contributed by atoms with Crippen molar-refractivity contribution in [2.75, 3.05) is 19.6 Å². The van der Waals surface area contributed by atoms with Gasteiger partial charge in [-0.1, -0.05) is 12.1 Å². The van der Waals surface area contributed by atoms with Crippen LogP contribution in [-0.4, -0.2) is 39.2 Å². The van der Waals surface area contributed by atoms with Crippen LogP contribution in [0, 0.1) is 4.77 Å². The van der Waals surface area contributed by atoms with Gasteiger partial charge in [-0.3, -0.25) is 5.10 Å². The van der Waals surface area contributed by atoms with Gasteiger partial charge in [0.25, 0.3) is 0 Å². The second-order valence-corrected chi connectivity index (χ2v) is 6.42. The van der Waals surface area contributed by atoms with Crippen LogP contribution >= 0.6 is 12.2 Å². The minimum Gasteiger partial charge on any atom is -0.335 e. The Hall–Kier alpha value is -1.79. The highest BCUT2D eigenvalue weighted by atomic mass is 32.1. The summed E-state index contributed by atoms with van der Waals surface area (Å²) in [5.74, 6) is 1.00. The normalized spacial score (nSPS) is 16.5. The smallest absolute Gasteiger partial charge is 0.221 e. The molecule has 0 unspecified atom stereocenters. The molecule has 22 heavy (non-hydrogen) atoms. The molecule has 3 aromatic rings. The van der Waals surface area contributed by atoms with Crippen LogP contribution in [0.1, 0.15) is 25.1 Å². The number of H-pyrrole nitrogens is 1. The van der Waals surface area contributed by atoms with Gasteiger partial charge in [0.2, 0.25) is 4.77 Å². The summed E-state index contributed by atoms with van der Waals surface area (Å²) in [7, 11) is 0. The average molecular weight is 314 g/mol. The first-order valence-electron chi connectivity index (χ1n) is 8.01. The summed E-state index contributed by atoms with van der Waals surface area (Å²) < 4.78 is 2.37. The van der Waals surface area contributed by atoms with Gasteiger partial charge in [-0.2, -0.15) is 0 Å². The van der Waals surface area contributed by atoms with E-state index in [-0.39, 0.29) is 0 Å². The Kier molecular flexibility index (Phi) is 3.63. The number of likely N-dealkylation sites (tertiary alicyclic amines) is 1. The van der Waals surface area contributed by atoms with Crippen molar-refractivity contribution in [2.24, 2.45) is 0 Å². The van der Waals surface area contributed by atoms with Crippen LogP contribution in [0.5, 0.6) is 0 Å². The molecule has 5 nitrogen and oxygen atoms in total. The van der Waals surface area contributed by atoms with E-state index in [9.17, 15) is 0 Å². The molecule has 3 heterocycles. The number of aromatic nitrogens is 4. The molecule has 1 aromatic carbocycles. The van der Waals surface area contributed by atoms with Gasteiger partial charge >= 0.3 is 0 Å². The number of benzene rings is 1. The predicted molar refractivity (Wildman–Crippen MR) is 88.8 cm³/mol. The molecule has 1 fully saturated rings. The molecular formula is C16H20N5S+. The molecule has 0 spiro atoms. The van der Waals surface area contributed by atoms with E-state index in [2.05, 4.69) is 10.1 Å². The number of rotatable bonds is 3. The lowest BCUT2D eigenvalue weighted by Gasteiger charge is -2.22. The lowest BCUT2D eigenvalue weighted by Crippen LogP contribution is -3.13. The van der Waals surface area contributed by atoms with E-state index in [1.54, 1.807) is 4.90 Å². The molecular weight excluding hydrogens is 294 g/mol. The van der Waals surface area contributed by atoms with Gasteiger partial charge in [-0.25, -0.2) is 14.5 Å². The standard InChI is InChI=1S/C16H19N5S/c22-16-17-13-7-3-2-6-12(13)15-18-14(19-21(15)16)8-11-20-9-4-1-5-10-20/h2-3,6-7H,1,4-5,8-11H2,(H,18,19)/p+1. The number of hydrogen-bond acceptors (Lipinski definition) is 3. The van der Waals surface area contributed by atoms with Gasteiger partial charge in [0.15, 0.2) is 5.65 Å². The predicted octanol–water partition coefficient (Wildman–Crippen LogP) is 1.55. The topological polar surface area (TPSA) is 50.4 Å². The fourth-order valence-electron chi connectivity index (χ4n) is 3.33. The lowest BCUT2D eigenvalue weighted by atomic mass is 10.1. The number of nitrogens with one attached hydrogen (secondary N) is 2. The molecule has 2 aromatic heterocycles. The molecule has 0 bridgehead atoms. The Balaban J connectivity index is 1.66. The number of hydrogen-bond donors (Lipinski definition) is 2. The number of nitrogens with zero attached hydrogens (tertiary/aromatic N) is 3. The molecule has 0 radical (unpaired) electrons. The summed E-state index contributed by atoms with van der Waals surface area (Å²) in [6.45, 7) is 3.73. The first-order valence-corrected chi connectivity index (χ1v) is 8.42. The highest BCUT2D eigenvalue weighted by Crippen LogP contribution is 2.16. The van der Waals surface area contributed by atoms with Gasteiger partial charge in [0, 0.05) is 5.39 Å². The summed E-state index contributed by atoms with van der Waals surface area (Å²) in [5, 5.41) is 4.37. The maximum absolute atomic E-state index is 5.38. The molecule has 2 N–H and O–H groups in total. The fraction of sp³-hybridized carbons (Fsp3) is 0.438. The summed E-state index contributed by atoms with van der Waals surface area (Å²) in [5.41, 5.74) is 1.80. The van der Waals surface area contributed by atoms with Crippen molar-refractivity contribution in [2.45, 2.75) is 25.7 Å². The molecule has 1 aliphatic heterocycles. The van der Waals surface area contributed by atoms with Crippen LogP contribution in [0.15, 0.2) is 24.3 Å². The van der Waals surface area contributed by atoms with Gasteiger partial charge in [0.1, 0.15) is 5.82 Å². The Labute approximate surface area is 134 Å². The third-order valence-corrected chi connectivity index (χ3v) is 4.80. The first-order chi connectivity index (χ1) is 10.8. The first kappa shape index (κ1) is 13.8. The summed E-state index contributed by atoms with van der Waals surface area (Å²) in [4.78, 5) is 10.9. The molecule has 114 valence electrons. The van der Waals surface area contributed by atoms with Crippen molar-refractivity contribution < 1.29 is 4.90 Å². The van der Waals surface area contributed by atoms with Crippen molar-refractivity contribution in [3.63, 3.8) is 0 Å². The van der Waals surface area contributed by atoms with E-state index in [0.717, 1.165) is 35.3 Å². The molecule has 4 rings (SSSR count). The van der Waals surface area contributed by atoms with Crippen molar-refractivity contribution in [3.8, 4) is 0 Å². The van der Waals surface area contributed by atoms with Crippen LogP contribution in [0.4, 0.5) is 0 Å². The third-order valence-electron chi connectivity index (χ3n) is 4.52. The van der Waals surface area contributed by atoms with Crippen LogP contribution in [0.2, 0.25) is 0 Å². The van der Waals surface area contributed by atoms with E-state index in [4.69, 9.17) is 17.2 Å². The number of para-hydroxylation sites is 1. The maximum atomic E-state index is 5.38. The van der Waals surface area contributed by atoms with E-state index in [1.165, 1.54) is 32.4 Å². The van der Waals surface area contributed by atoms with E-state index < -0.39 is 0 Å². The molecule has 0 amide bonds. The van der Waals surface area contributed by atoms with Gasteiger partial charge in [0.05, 0.1) is 31.6 Å². The van der Waals surface area contributed by atoms with E-state index in [1.807, 2.05) is 28.8 Å². The largest absolute Gasteiger partial charge is 0.335 e. The summed E-state index contributed by atoms with van der Waals surface area (Å²) >= 11 is 5.38. The number of quaternary nitrogens is 1. The minimum absolute atomic E-state index is 0.540. The highest BCUT2D eigenvalue weighted by Gasteiger charge is 2.15. The maximum Gasteiger partial charge on any atom is 0.221 e. The second kappa shape index (κ2) is 5.78. The number of aromatic amines is 1. The fourth-order valence-corrected chi connectivity index (χ4v) is 3.56. The molecule has 0 aliphatic carbocycles. The zero-order chi connectivity index (χ0) is 14.9. The SMILES string of the molecule is S=c1nc2ccccc2c2nc(CC[NH+]3CCCCC3)[nH]n12. The van der Waals surface area contributed by atoms with Crippen LogP contribution in [0.3, 0.4) is 0 Å². The number of fused-ring (bicyclic) bond motifs is 3. The van der Waals surface area contributed by atoms with Crippen molar-refractivity contribution in [1.29, 1.82) is 0 Å². The van der Waals surface area contributed by atoms with Gasteiger partial charge in [-0.05, 0) is 43.6 Å². The summed E-state index contributed by atoms with van der Waals surface area (Å²) in [6.07, 6.45) is 5.06. The van der Waals surface area contributed by atoms with Crippen molar-refractivity contribution in [3.05, 3.63) is 34.9 Å². The number of piperidine rings is 1. The second-order valence-electron chi connectivity index (χ2n) is 6.05. The minimum atomic E-state index is 0.540. The quantitative estimate of drug-likeness (QED) is 0.721. The third kappa shape index (κ3) is 2.53. The molecule has 1 aliphatic rings. The average Bonchev–Trinajstić information content (AvgIpc) is 2.99. The van der Waals surface area contributed by atoms with Crippen LogP contribution in [-0.2, 0) is 6.42 Å². The van der Waals surface area contributed by atoms with Gasteiger partial charge < -0.3 is 4.90 Å². The van der Waals surface area contributed by atoms with Gasteiger partial charge in [-0.15, -0.1) is 0 Å². The Morgan fingerprint density at radius 1 is 1.14 bits per heavy atom. The Morgan fingerprint density at radius 2 is 1.95 bits per heavy atom. The lowest BCUT2D eigenvalue weighted by molar-refractivity contribution is -0.904.